The number of hydrogen-bond acceptors (Lipinski definition) is 7. The lowest BCUT2D eigenvalue weighted by molar-refractivity contribution is -0.385. The quantitative estimate of drug-likeness (QED) is 0.145. The average Bonchev–Trinajstić information content (AvgIpc) is 3.55. The third kappa shape index (κ3) is 4.22. The fourth-order valence-corrected chi connectivity index (χ4v) is 5.25. The van der Waals surface area contributed by atoms with Crippen molar-refractivity contribution in [2.75, 3.05) is 6.79 Å². The number of ether oxygens (including phenoxy) is 2. The zero-order chi connectivity index (χ0) is 26.2. The molecule has 0 N–H and O–H groups in total. The van der Waals surface area contributed by atoms with Crippen molar-refractivity contribution >= 4 is 39.7 Å². The van der Waals surface area contributed by atoms with E-state index in [2.05, 4.69) is 31.2 Å². The maximum atomic E-state index is 11.8. The van der Waals surface area contributed by atoms with E-state index in [4.69, 9.17) is 19.6 Å². The molecule has 5 aromatic rings. The molecule has 188 valence electrons. The van der Waals surface area contributed by atoms with Crippen LogP contribution < -0.4 is 14.3 Å². The van der Waals surface area contributed by atoms with Gasteiger partial charge in [0, 0.05) is 10.9 Å². The van der Waals surface area contributed by atoms with E-state index in [1.165, 1.54) is 23.6 Å². The van der Waals surface area contributed by atoms with Gasteiger partial charge in [0.1, 0.15) is 0 Å². The molecule has 0 amide bonds. The van der Waals surface area contributed by atoms with Gasteiger partial charge in [0.15, 0.2) is 11.5 Å². The van der Waals surface area contributed by atoms with Crippen molar-refractivity contribution in [1.29, 1.82) is 0 Å². The third-order valence-electron chi connectivity index (χ3n) is 6.57. The Morgan fingerprint density at radius 2 is 1.76 bits per heavy atom. The number of aromatic nitrogens is 1. The summed E-state index contributed by atoms with van der Waals surface area (Å²) >= 11 is 1.46. The molecule has 0 radical (unpaired) electrons. The van der Waals surface area contributed by atoms with Crippen LogP contribution in [0.2, 0.25) is 0 Å². The van der Waals surface area contributed by atoms with Gasteiger partial charge in [-0.3, -0.25) is 10.1 Å². The zero-order valence-corrected chi connectivity index (χ0v) is 21.4. The summed E-state index contributed by atoms with van der Waals surface area (Å²) in [5.41, 5.74) is 5.06. The summed E-state index contributed by atoms with van der Waals surface area (Å²) in [7, 11) is 0. The standard InChI is InChI=1S/C29H22N4O4S/c1-18-7-5-12-24(19(18)2)31-29-32(26(16-38-29)23-11-6-9-20-8-3-4-10-22(20)23)30-15-21-13-27-28(37-17-36-27)14-25(21)33(34)35/h3-16H,17H2,1-2H3. The van der Waals surface area contributed by atoms with Gasteiger partial charge in [0.25, 0.3) is 5.69 Å². The molecule has 0 spiro atoms. The van der Waals surface area contributed by atoms with Crippen LogP contribution in [0.3, 0.4) is 0 Å². The number of hydrogen-bond donors (Lipinski definition) is 0. The Labute approximate surface area is 221 Å². The van der Waals surface area contributed by atoms with Crippen molar-refractivity contribution in [3.8, 4) is 22.8 Å². The van der Waals surface area contributed by atoms with Crippen molar-refractivity contribution in [2.45, 2.75) is 13.8 Å². The number of nitro groups is 1. The summed E-state index contributed by atoms with van der Waals surface area (Å²) in [5, 5.41) is 20.8. The SMILES string of the molecule is Cc1cccc(N=c2scc(-c3cccc4ccccc34)n2N=Cc2cc3c(cc2[N+](=O)[O-])OCO3)c1C. The molecule has 1 aliphatic heterocycles. The van der Waals surface area contributed by atoms with Crippen molar-refractivity contribution in [2.24, 2.45) is 10.1 Å². The molecule has 0 bridgehead atoms. The van der Waals surface area contributed by atoms with Crippen LogP contribution in [0.1, 0.15) is 16.7 Å². The molecule has 38 heavy (non-hydrogen) atoms. The van der Waals surface area contributed by atoms with E-state index in [1.807, 2.05) is 48.7 Å². The number of thiazole rings is 1. The third-order valence-corrected chi connectivity index (χ3v) is 7.39. The summed E-state index contributed by atoms with van der Waals surface area (Å²) in [4.78, 5) is 17.0. The van der Waals surface area contributed by atoms with Crippen molar-refractivity contribution in [1.82, 2.24) is 4.68 Å². The molecule has 0 saturated heterocycles. The first-order valence-electron chi connectivity index (χ1n) is 11.9. The number of nitro benzene ring substituents is 1. The first-order chi connectivity index (χ1) is 18.5. The van der Waals surface area contributed by atoms with Gasteiger partial charge in [0.2, 0.25) is 11.6 Å². The van der Waals surface area contributed by atoms with Gasteiger partial charge in [-0.25, -0.2) is 9.67 Å². The van der Waals surface area contributed by atoms with Crippen LogP contribution in [0, 0.1) is 24.0 Å². The molecule has 6 rings (SSSR count). The molecule has 0 atom stereocenters. The van der Waals surface area contributed by atoms with E-state index >= 15 is 0 Å². The van der Waals surface area contributed by atoms with Crippen LogP contribution in [0.4, 0.5) is 11.4 Å². The smallest absolute Gasteiger partial charge is 0.282 e. The summed E-state index contributed by atoms with van der Waals surface area (Å²) in [6, 6.07) is 23.2. The average molecular weight is 523 g/mol. The highest BCUT2D eigenvalue weighted by molar-refractivity contribution is 7.07. The lowest BCUT2D eigenvalue weighted by Gasteiger charge is -2.08. The molecule has 1 aliphatic rings. The Hall–Kier alpha value is -4.76. The minimum Gasteiger partial charge on any atom is -0.454 e. The minimum atomic E-state index is -0.450. The van der Waals surface area contributed by atoms with Gasteiger partial charge >= 0.3 is 0 Å². The summed E-state index contributed by atoms with van der Waals surface area (Å²) < 4.78 is 12.5. The fraction of sp³-hybridized carbons (Fsp3) is 0.103. The number of aryl methyl sites for hydroxylation is 1. The van der Waals surface area contributed by atoms with E-state index in [9.17, 15) is 10.1 Å². The molecule has 4 aromatic carbocycles. The number of rotatable bonds is 5. The lowest BCUT2D eigenvalue weighted by Crippen LogP contribution is -2.12. The Morgan fingerprint density at radius 1 is 1.00 bits per heavy atom. The van der Waals surface area contributed by atoms with Crippen LogP contribution in [0.15, 0.2) is 88.3 Å². The van der Waals surface area contributed by atoms with E-state index in [-0.39, 0.29) is 12.5 Å². The van der Waals surface area contributed by atoms with E-state index in [1.54, 1.807) is 10.7 Å². The molecular weight excluding hydrogens is 500 g/mol. The molecule has 0 aliphatic carbocycles. The first-order valence-corrected chi connectivity index (χ1v) is 12.8. The van der Waals surface area contributed by atoms with Crippen LogP contribution in [0.5, 0.6) is 11.5 Å². The molecule has 2 heterocycles. The highest BCUT2D eigenvalue weighted by Gasteiger charge is 2.23. The Balaban J connectivity index is 1.57. The molecule has 0 saturated carbocycles. The Kier molecular flexibility index (Phi) is 5.97. The van der Waals surface area contributed by atoms with Gasteiger partial charge in [-0.2, -0.15) is 5.10 Å². The van der Waals surface area contributed by atoms with Gasteiger partial charge in [-0.05, 0) is 47.9 Å². The highest BCUT2D eigenvalue weighted by Crippen LogP contribution is 2.37. The minimum absolute atomic E-state index is 0.0243. The highest BCUT2D eigenvalue weighted by atomic mass is 32.1. The monoisotopic (exact) mass is 522 g/mol. The molecule has 0 fully saturated rings. The van der Waals surface area contributed by atoms with Crippen LogP contribution in [0.25, 0.3) is 22.0 Å². The normalized spacial score (nSPS) is 13.1. The molecular formula is C29H22N4O4S. The van der Waals surface area contributed by atoms with Gasteiger partial charge in [0.05, 0.1) is 34.1 Å². The van der Waals surface area contributed by atoms with Gasteiger partial charge in [-0.1, -0.05) is 54.6 Å². The first kappa shape index (κ1) is 23.6. The second-order valence-electron chi connectivity index (χ2n) is 8.84. The maximum Gasteiger partial charge on any atom is 0.282 e. The molecule has 0 unspecified atom stereocenters. The number of nitrogens with zero attached hydrogens (tertiary/aromatic N) is 4. The van der Waals surface area contributed by atoms with Crippen LogP contribution in [-0.2, 0) is 0 Å². The maximum absolute atomic E-state index is 11.8. The largest absolute Gasteiger partial charge is 0.454 e. The van der Waals surface area contributed by atoms with E-state index in [0.717, 1.165) is 38.8 Å². The van der Waals surface area contributed by atoms with Crippen LogP contribution >= 0.6 is 11.3 Å². The Morgan fingerprint density at radius 3 is 2.61 bits per heavy atom. The summed E-state index contributed by atoms with van der Waals surface area (Å²) in [6.45, 7) is 4.11. The topological polar surface area (TPSA) is 91.2 Å². The molecule has 9 heteroatoms. The van der Waals surface area contributed by atoms with Gasteiger partial charge < -0.3 is 9.47 Å². The lowest BCUT2D eigenvalue weighted by atomic mass is 10.0. The second-order valence-corrected chi connectivity index (χ2v) is 9.68. The van der Waals surface area contributed by atoms with E-state index < -0.39 is 4.92 Å². The summed E-state index contributed by atoms with van der Waals surface area (Å²) in [6.07, 6.45) is 1.48. The molecule has 8 nitrogen and oxygen atoms in total. The summed E-state index contributed by atoms with van der Waals surface area (Å²) in [5.74, 6) is 0.793. The van der Waals surface area contributed by atoms with Crippen molar-refractivity contribution < 1.29 is 14.4 Å². The molecule has 1 aromatic heterocycles. The number of benzene rings is 4. The zero-order valence-electron chi connectivity index (χ0n) is 20.6. The van der Waals surface area contributed by atoms with Crippen LogP contribution in [-0.4, -0.2) is 22.6 Å². The van der Waals surface area contributed by atoms with Gasteiger partial charge in [-0.15, -0.1) is 11.3 Å². The fourth-order valence-electron chi connectivity index (χ4n) is 4.41. The van der Waals surface area contributed by atoms with E-state index in [0.29, 0.717) is 21.9 Å². The number of fused-ring (bicyclic) bond motifs is 2. The predicted octanol–water partition coefficient (Wildman–Crippen LogP) is 6.74. The van der Waals surface area contributed by atoms with Crippen molar-refractivity contribution in [3.05, 3.63) is 110 Å². The second kappa shape index (κ2) is 9.60. The van der Waals surface area contributed by atoms with Crippen molar-refractivity contribution in [3.63, 3.8) is 0 Å². The predicted molar refractivity (Wildman–Crippen MR) is 149 cm³/mol. The Bertz CT molecular complexity index is 1810.